The van der Waals surface area contributed by atoms with Crippen molar-refractivity contribution in [3.63, 3.8) is 0 Å². The molecule has 1 aliphatic rings. The highest BCUT2D eigenvalue weighted by Gasteiger charge is 2.19. The van der Waals surface area contributed by atoms with Crippen molar-refractivity contribution in [1.82, 2.24) is 5.32 Å². The molecule has 3 nitrogen and oxygen atoms in total. The molecule has 1 aliphatic heterocycles. The number of nitrogens with zero attached hydrogens (tertiary/aromatic N) is 1. The Bertz CT molecular complexity index is 231. The molecule has 0 aromatic rings. The average molecular weight is 234 g/mol. The molecule has 1 saturated heterocycles. The Morgan fingerprint density at radius 1 is 1.64 bits per heavy atom. The third kappa shape index (κ3) is 4.46. The molecule has 0 aromatic carbocycles. The summed E-state index contributed by atoms with van der Waals surface area (Å²) in [5.74, 6) is 0.661. The minimum atomic E-state index is -0.732. The lowest BCUT2D eigenvalue weighted by molar-refractivity contribution is 0.598. The molecule has 1 fully saturated rings. The Morgan fingerprint density at radius 3 is 2.93 bits per heavy atom. The lowest BCUT2D eigenvalue weighted by Crippen LogP contribution is -2.38. The van der Waals surface area contributed by atoms with Crippen LogP contribution < -0.4 is 5.32 Å². The van der Waals surface area contributed by atoms with Crippen LogP contribution in [0, 0.1) is 0 Å². The highest BCUT2D eigenvalue weighted by atomic mass is 32.2. The number of hydrogen-bond acceptors (Lipinski definition) is 3. The zero-order chi connectivity index (χ0) is 10.6. The van der Waals surface area contributed by atoms with Gasteiger partial charge in [0.15, 0.2) is 5.17 Å². The number of aliphatic imine (C=N–C) groups is 1. The second kappa shape index (κ2) is 5.75. The number of thioether (sulfide) groups is 1. The Hall–Kier alpha value is -0.0300. The summed E-state index contributed by atoms with van der Waals surface area (Å²) in [6, 6.07) is 0.511. The Kier molecular flexibility index (Phi) is 4.95. The predicted molar refractivity (Wildman–Crippen MR) is 65.5 cm³/mol. The van der Waals surface area contributed by atoms with Gasteiger partial charge in [0, 0.05) is 34.1 Å². The fraction of sp³-hybridized carbons (Fsp3) is 0.889. The number of amidine groups is 1. The minimum absolute atomic E-state index is 0.511. The van der Waals surface area contributed by atoms with Gasteiger partial charge in [-0.2, -0.15) is 0 Å². The second-order valence-corrected chi connectivity index (χ2v) is 6.66. The van der Waals surface area contributed by atoms with Crippen LogP contribution in [0.3, 0.4) is 0 Å². The first-order valence-corrected chi connectivity index (χ1v) is 7.46. The van der Waals surface area contributed by atoms with Gasteiger partial charge in [0.05, 0.1) is 6.54 Å². The van der Waals surface area contributed by atoms with E-state index in [2.05, 4.69) is 24.2 Å². The van der Waals surface area contributed by atoms with Gasteiger partial charge in [-0.1, -0.05) is 18.7 Å². The third-order valence-corrected chi connectivity index (χ3v) is 3.82. The molecular formula is C9H18N2OS2. The van der Waals surface area contributed by atoms with E-state index in [1.807, 2.05) is 0 Å². The van der Waals surface area contributed by atoms with E-state index in [9.17, 15) is 4.21 Å². The monoisotopic (exact) mass is 234 g/mol. The van der Waals surface area contributed by atoms with Crippen LogP contribution in [0.2, 0.25) is 0 Å². The van der Waals surface area contributed by atoms with Crippen LogP contribution in [-0.4, -0.2) is 39.2 Å². The standard InChI is InChI=1S/C9H18N2OS2/c1-7-6-8(2)13-9(11-7)10-4-5-14(3)12/h7-8H,4-6H2,1-3H3,(H,10,11). The van der Waals surface area contributed by atoms with Crippen molar-refractivity contribution >= 4 is 27.7 Å². The van der Waals surface area contributed by atoms with Crippen molar-refractivity contribution in [2.75, 3.05) is 18.6 Å². The Labute approximate surface area is 92.6 Å². The summed E-state index contributed by atoms with van der Waals surface area (Å²) in [7, 11) is -0.732. The fourth-order valence-electron chi connectivity index (χ4n) is 1.40. The normalized spacial score (nSPS) is 32.6. The Morgan fingerprint density at radius 2 is 2.36 bits per heavy atom. The molecule has 0 aliphatic carbocycles. The van der Waals surface area contributed by atoms with Gasteiger partial charge in [-0.05, 0) is 13.3 Å². The first-order valence-electron chi connectivity index (χ1n) is 4.85. The van der Waals surface area contributed by atoms with Gasteiger partial charge in [-0.3, -0.25) is 9.20 Å². The largest absolute Gasteiger partial charge is 0.362 e. The van der Waals surface area contributed by atoms with Crippen molar-refractivity contribution in [3.05, 3.63) is 0 Å². The molecule has 0 radical (unpaired) electrons. The summed E-state index contributed by atoms with van der Waals surface area (Å²) in [5.41, 5.74) is 0. The zero-order valence-electron chi connectivity index (χ0n) is 8.95. The first-order chi connectivity index (χ1) is 6.58. The average Bonchev–Trinajstić information content (AvgIpc) is 2.01. The van der Waals surface area contributed by atoms with Crippen LogP contribution in [0.15, 0.2) is 4.99 Å². The molecule has 0 spiro atoms. The quantitative estimate of drug-likeness (QED) is 0.798. The van der Waals surface area contributed by atoms with Gasteiger partial charge in [0.1, 0.15) is 0 Å². The molecule has 3 atom stereocenters. The van der Waals surface area contributed by atoms with E-state index in [1.54, 1.807) is 18.0 Å². The highest BCUT2D eigenvalue weighted by molar-refractivity contribution is 8.14. The highest BCUT2D eigenvalue weighted by Crippen LogP contribution is 2.21. The second-order valence-electron chi connectivity index (χ2n) is 3.67. The summed E-state index contributed by atoms with van der Waals surface area (Å²) in [4.78, 5) is 4.40. The van der Waals surface area contributed by atoms with Gasteiger partial charge in [-0.15, -0.1) is 0 Å². The third-order valence-electron chi connectivity index (χ3n) is 2.00. The van der Waals surface area contributed by atoms with E-state index >= 15 is 0 Å². The SMILES string of the molecule is CC1CC(C)SC(=NCCS(C)=O)N1. The van der Waals surface area contributed by atoms with Crippen LogP contribution in [0.5, 0.6) is 0 Å². The molecule has 1 N–H and O–H groups in total. The van der Waals surface area contributed by atoms with Crippen LogP contribution in [-0.2, 0) is 10.8 Å². The van der Waals surface area contributed by atoms with Gasteiger partial charge in [0.2, 0.25) is 0 Å². The van der Waals surface area contributed by atoms with E-state index in [4.69, 9.17) is 0 Å². The van der Waals surface area contributed by atoms with Crippen LogP contribution in [0.1, 0.15) is 20.3 Å². The van der Waals surface area contributed by atoms with Crippen molar-refractivity contribution in [3.8, 4) is 0 Å². The molecular weight excluding hydrogens is 216 g/mol. The van der Waals surface area contributed by atoms with Crippen molar-refractivity contribution in [2.24, 2.45) is 4.99 Å². The molecule has 3 unspecified atom stereocenters. The van der Waals surface area contributed by atoms with E-state index in [0.29, 0.717) is 23.6 Å². The molecule has 14 heavy (non-hydrogen) atoms. The van der Waals surface area contributed by atoms with Crippen LogP contribution >= 0.6 is 11.8 Å². The maximum absolute atomic E-state index is 10.8. The number of nitrogens with one attached hydrogen (secondary N) is 1. The van der Waals surface area contributed by atoms with E-state index in [-0.39, 0.29) is 0 Å². The van der Waals surface area contributed by atoms with Crippen molar-refractivity contribution in [1.29, 1.82) is 0 Å². The van der Waals surface area contributed by atoms with Gasteiger partial charge in [0.25, 0.3) is 0 Å². The summed E-state index contributed by atoms with van der Waals surface area (Å²) < 4.78 is 10.8. The number of rotatable bonds is 3. The summed E-state index contributed by atoms with van der Waals surface area (Å²) in [5, 5.41) is 4.99. The summed E-state index contributed by atoms with van der Waals surface area (Å²) in [6.45, 7) is 5.05. The predicted octanol–water partition coefficient (Wildman–Crippen LogP) is 1.22. The lowest BCUT2D eigenvalue weighted by Gasteiger charge is -2.26. The smallest absolute Gasteiger partial charge is 0.157 e. The molecule has 1 rings (SSSR count). The summed E-state index contributed by atoms with van der Waals surface area (Å²) >= 11 is 1.78. The maximum atomic E-state index is 10.8. The number of hydrogen-bond donors (Lipinski definition) is 1. The van der Waals surface area contributed by atoms with Gasteiger partial charge in [-0.25, -0.2) is 0 Å². The first kappa shape index (κ1) is 12.0. The van der Waals surface area contributed by atoms with Gasteiger partial charge < -0.3 is 5.32 Å². The maximum Gasteiger partial charge on any atom is 0.157 e. The van der Waals surface area contributed by atoms with E-state index in [1.165, 1.54) is 6.42 Å². The fourth-order valence-corrected chi connectivity index (χ4v) is 2.95. The lowest BCUT2D eigenvalue weighted by atomic mass is 10.2. The Balaban J connectivity index is 2.38. The zero-order valence-corrected chi connectivity index (χ0v) is 10.6. The topological polar surface area (TPSA) is 41.5 Å². The van der Waals surface area contributed by atoms with Crippen LogP contribution in [0.25, 0.3) is 0 Å². The van der Waals surface area contributed by atoms with E-state index in [0.717, 1.165) is 5.17 Å². The van der Waals surface area contributed by atoms with Crippen molar-refractivity contribution in [2.45, 2.75) is 31.6 Å². The molecule has 0 bridgehead atoms. The molecule has 0 amide bonds. The molecule has 5 heteroatoms. The van der Waals surface area contributed by atoms with Crippen molar-refractivity contribution < 1.29 is 4.21 Å². The molecule has 82 valence electrons. The van der Waals surface area contributed by atoms with Gasteiger partial charge >= 0.3 is 0 Å². The molecule has 0 saturated carbocycles. The van der Waals surface area contributed by atoms with Crippen LogP contribution in [0.4, 0.5) is 0 Å². The van der Waals surface area contributed by atoms with E-state index < -0.39 is 10.8 Å². The minimum Gasteiger partial charge on any atom is -0.362 e. The summed E-state index contributed by atoms with van der Waals surface area (Å²) in [6.07, 6.45) is 2.90. The molecule has 0 aromatic heterocycles. The molecule has 1 heterocycles.